The van der Waals surface area contributed by atoms with E-state index >= 15 is 0 Å². The van der Waals surface area contributed by atoms with E-state index in [-0.39, 0.29) is 10.8 Å². The molecule has 0 fully saturated rings. The molecule has 0 saturated heterocycles. The Labute approximate surface area is 353 Å². The number of benzene rings is 7. The summed E-state index contributed by atoms with van der Waals surface area (Å²) in [6.45, 7) is 13.6. The second kappa shape index (κ2) is 14.9. The van der Waals surface area contributed by atoms with Gasteiger partial charge in [-0.25, -0.2) is 15.0 Å². The van der Waals surface area contributed by atoms with Crippen molar-refractivity contribution in [2.75, 3.05) is 0 Å². The van der Waals surface area contributed by atoms with Crippen LogP contribution >= 0.6 is 0 Å². The van der Waals surface area contributed by atoms with E-state index in [9.17, 15) is 5.26 Å². The molecular formula is C55H46N4O. The third-order valence-corrected chi connectivity index (χ3v) is 11.7. The standard InChI is InChI=1S/C55H46N4O/c1-53(2,3)42-24-28-44(29-25-42)55(45-30-26-43(27-31-45)54(4,5)6)46-17-10-11-18-48(46)60-49-32-23-40(34-47(49)55)39-15-12-16-41(33-39)52-58-50(37-13-8-7-9-14-37)57-51(59-52)38-21-19-36(35-56)20-22-38/h7-34H,1-6H3. The van der Waals surface area contributed by atoms with Crippen molar-refractivity contribution in [3.63, 3.8) is 0 Å². The number of ether oxygens (including phenoxy) is 1. The molecule has 2 heterocycles. The van der Waals surface area contributed by atoms with E-state index in [1.54, 1.807) is 12.1 Å². The lowest BCUT2D eigenvalue weighted by atomic mass is 9.63. The molecule has 1 aliphatic rings. The maximum atomic E-state index is 9.43. The van der Waals surface area contributed by atoms with E-state index in [1.807, 2.05) is 48.5 Å². The topological polar surface area (TPSA) is 71.7 Å². The molecule has 1 aromatic heterocycles. The van der Waals surface area contributed by atoms with E-state index < -0.39 is 5.41 Å². The van der Waals surface area contributed by atoms with E-state index in [1.165, 1.54) is 22.3 Å². The number of fused-ring (bicyclic) bond motifs is 2. The summed E-state index contributed by atoms with van der Waals surface area (Å²) < 4.78 is 6.80. The Morgan fingerprint density at radius 1 is 0.433 bits per heavy atom. The highest BCUT2D eigenvalue weighted by molar-refractivity contribution is 5.77. The van der Waals surface area contributed by atoms with Crippen LogP contribution in [-0.4, -0.2) is 15.0 Å². The number of para-hydroxylation sites is 1. The molecule has 0 radical (unpaired) electrons. The van der Waals surface area contributed by atoms with Crippen LogP contribution in [0.1, 0.15) is 80.5 Å². The molecule has 0 N–H and O–H groups in total. The van der Waals surface area contributed by atoms with E-state index in [2.05, 4.69) is 157 Å². The second-order valence-electron chi connectivity index (χ2n) is 17.7. The van der Waals surface area contributed by atoms with Crippen molar-refractivity contribution in [1.29, 1.82) is 5.26 Å². The van der Waals surface area contributed by atoms with Crippen LogP contribution in [0.4, 0.5) is 0 Å². The molecular weight excluding hydrogens is 733 g/mol. The van der Waals surface area contributed by atoms with Crippen molar-refractivity contribution in [3.05, 3.63) is 209 Å². The van der Waals surface area contributed by atoms with Gasteiger partial charge in [0, 0.05) is 27.8 Å². The minimum atomic E-state index is -0.681. The summed E-state index contributed by atoms with van der Waals surface area (Å²) in [6, 6.07) is 61.4. The lowest BCUT2D eigenvalue weighted by Crippen LogP contribution is -2.34. The lowest BCUT2D eigenvalue weighted by Gasteiger charge is -2.42. The van der Waals surface area contributed by atoms with Crippen LogP contribution in [-0.2, 0) is 16.2 Å². The molecule has 5 heteroatoms. The molecule has 0 bridgehead atoms. The minimum absolute atomic E-state index is 0.00685. The predicted octanol–water partition coefficient (Wildman–Crippen LogP) is 13.5. The lowest BCUT2D eigenvalue weighted by molar-refractivity contribution is 0.434. The molecule has 292 valence electrons. The Morgan fingerprint density at radius 2 is 0.900 bits per heavy atom. The van der Waals surface area contributed by atoms with Crippen LogP contribution in [0.15, 0.2) is 170 Å². The van der Waals surface area contributed by atoms with Crippen molar-refractivity contribution >= 4 is 0 Å². The van der Waals surface area contributed by atoms with Gasteiger partial charge in [-0.2, -0.15) is 5.26 Å². The zero-order valence-corrected chi connectivity index (χ0v) is 34.9. The first-order valence-corrected chi connectivity index (χ1v) is 20.5. The van der Waals surface area contributed by atoms with Gasteiger partial charge in [0.1, 0.15) is 11.5 Å². The first kappa shape index (κ1) is 38.4. The summed E-state index contributed by atoms with van der Waals surface area (Å²) in [6.07, 6.45) is 0. The molecule has 0 atom stereocenters. The summed E-state index contributed by atoms with van der Waals surface area (Å²) in [4.78, 5) is 14.9. The monoisotopic (exact) mass is 778 g/mol. The predicted molar refractivity (Wildman–Crippen MR) is 242 cm³/mol. The van der Waals surface area contributed by atoms with E-state index in [0.29, 0.717) is 23.0 Å². The number of nitrogens with zero attached hydrogens (tertiary/aromatic N) is 4. The highest BCUT2D eigenvalue weighted by atomic mass is 16.5. The van der Waals surface area contributed by atoms with Gasteiger partial charge < -0.3 is 4.74 Å². The third-order valence-electron chi connectivity index (χ3n) is 11.7. The van der Waals surface area contributed by atoms with Gasteiger partial charge in [-0.3, -0.25) is 0 Å². The smallest absolute Gasteiger partial charge is 0.164 e. The summed E-state index contributed by atoms with van der Waals surface area (Å²) in [5.41, 5.74) is 11.6. The van der Waals surface area contributed by atoms with E-state index in [4.69, 9.17) is 19.7 Å². The maximum absolute atomic E-state index is 9.43. The van der Waals surface area contributed by atoms with Gasteiger partial charge >= 0.3 is 0 Å². The van der Waals surface area contributed by atoms with Gasteiger partial charge in [0.25, 0.3) is 0 Å². The molecule has 0 unspecified atom stereocenters. The van der Waals surface area contributed by atoms with Gasteiger partial charge in [0.2, 0.25) is 0 Å². The maximum Gasteiger partial charge on any atom is 0.164 e. The van der Waals surface area contributed by atoms with Crippen LogP contribution in [0.25, 0.3) is 45.3 Å². The summed E-state index contributed by atoms with van der Waals surface area (Å²) in [7, 11) is 0. The second-order valence-corrected chi connectivity index (χ2v) is 17.7. The molecule has 1 aliphatic heterocycles. The number of nitriles is 1. The Balaban J connectivity index is 1.23. The molecule has 5 nitrogen and oxygen atoms in total. The average Bonchev–Trinajstić information content (AvgIpc) is 3.28. The van der Waals surface area contributed by atoms with Crippen molar-refractivity contribution in [1.82, 2.24) is 15.0 Å². The van der Waals surface area contributed by atoms with Gasteiger partial charge in [-0.15, -0.1) is 0 Å². The zero-order valence-electron chi connectivity index (χ0n) is 34.9. The highest BCUT2D eigenvalue weighted by Gasteiger charge is 2.45. The summed E-state index contributed by atoms with van der Waals surface area (Å²) in [5.74, 6) is 3.35. The largest absolute Gasteiger partial charge is 0.457 e. The van der Waals surface area contributed by atoms with Crippen molar-refractivity contribution in [2.24, 2.45) is 0 Å². The number of rotatable bonds is 6. The van der Waals surface area contributed by atoms with Crippen LogP contribution in [0, 0.1) is 11.3 Å². The fourth-order valence-corrected chi connectivity index (χ4v) is 8.33. The summed E-state index contributed by atoms with van der Waals surface area (Å²) >= 11 is 0. The van der Waals surface area contributed by atoms with Crippen molar-refractivity contribution in [2.45, 2.75) is 57.8 Å². The number of hydrogen-bond acceptors (Lipinski definition) is 5. The van der Waals surface area contributed by atoms with Crippen molar-refractivity contribution in [3.8, 4) is 62.9 Å². The highest BCUT2D eigenvalue weighted by Crippen LogP contribution is 2.56. The Kier molecular flexibility index (Phi) is 9.52. The van der Waals surface area contributed by atoms with Crippen LogP contribution < -0.4 is 4.74 Å². The Bertz CT molecular complexity index is 2840. The fourth-order valence-electron chi connectivity index (χ4n) is 8.33. The fraction of sp³-hybridized carbons (Fsp3) is 0.164. The molecule has 7 aromatic carbocycles. The quantitative estimate of drug-likeness (QED) is 0.168. The van der Waals surface area contributed by atoms with Gasteiger partial charge in [0.05, 0.1) is 17.0 Å². The molecule has 60 heavy (non-hydrogen) atoms. The van der Waals surface area contributed by atoms with Gasteiger partial charge in [0.15, 0.2) is 17.5 Å². The van der Waals surface area contributed by atoms with Gasteiger partial charge in [-0.1, -0.05) is 163 Å². The molecule has 9 rings (SSSR count). The SMILES string of the molecule is CC(C)(C)c1ccc(C2(c3ccc(C(C)(C)C)cc3)c3ccccc3Oc3ccc(-c4cccc(-c5nc(-c6ccccc6)nc(-c6ccc(C#N)cc6)n5)c4)cc32)cc1. The number of aromatic nitrogens is 3. The van der Waals surface area contributed by atoms with Crippen molar-refractivity contribution < 1.29 is 4.74 Å². The van der Waals surface area contributed by atoms with E-state index in [0.717, 1.165) is 50.4 Å². The minimum Gasteiger partial charge on any atom is -0.457 e. The van der Waals surface area contributed by atoms with Crippen LogP contribution in [0.3, 0.4) is 0 Å². The zero-order chi connectivity index (χ0) is 41.6. The first-order chi connectivity index (χ1) is 28.9. The average molecular weight is 779 g/mol. The van der Waals surface area contributed by atoms with Crippen LogP contribution in [0.2, 0.25) is 0 Å². The third kappa shape index (κ3) is 6.95. The molecule has 0 amide bonds. The first-order valence-electron chi connectivity index (χ1n) is 20.5. The summed E-state index contributed by atoms with van der Waals surface area (Å²) in [5, 5.41) is 9.43. The van der Waals surface area contributed by atoms with Gasteiger partial charge in [-0.05, 0) is 92.7 Å². The number of hydrogen-bond donors (Lipinski definition) is 0. The Morgan fingerprint density at radius 3 is 1.48 bits per heavy atom. The van der Waals surface area contributed by atoms with Crippen LogP contribution in [0.5, 0.6) is 11.5 Å². The molecule has 0 spiro atoms. The molecule has 8 aromatic rings. The normalized spacial score (nSPS) is 13.1. The Hall–Kier alpha value is -7.16. The molecule has 0 saturated carbocycles. The molecule has 0 aliphatic carbocycles.